The lowest BCUT2D eigenvalue weighted by molar-refractivity contribution is 0.115. The molecule has 0 amide bonds. The van der Waals surface area contributed by atoms with Crippen molar-refractivity contribution >= 4 is 10.0 Å². The van der Waals surface area contributed by atoms with Crippen LogP contribution in [0.25, 0.3) is 0 Å². The van der Waals surface area contributed by atoms with Crippen molar-refractivity contribution in [1.82, 2.24) is 4.90 Å². The number of fused-ring (bicyclic) bond motifs is 3. The third-order valence-electron chi connectivity index (χ3n) is 3.02. The minimum absolute atomic E-state index is 0.292. The van der Waals surface area contributed by atoms with E-state index in [9.17, 15) is 8.42 Å². The van der Waals surface area contributed by atoms with Crippen LogP contribution in [-0.4, -0.2) is 38.2 Å². The molecule has 3 saturated heterocycles. The molecule has 70 valence electrons. The van der Waals surface area contributed by atoms with E-state index in [2.05, 4.69) is 4.90 Å². The Labute approximate surface area is 72.8 Å². The summed E-state index contributed by atoms with van der Waals surface area (Å²) in [6, 6.07) is 0. The number of piperidine rings is 3. The Morgan fingerprint density at radius 3 is 2.08 bits per heavy atom. The predicted molar refractivity (Wildman–Crippen MR) is 46.1 cm³/mol. The molecule has 12 heavy (non-hydrogen) atoms. The molecule has 3 aliphatic heterocycles. The average molecular weight is 190 g/mol. The highest BCUT2D eigenvalue weighted by Crippen LogP contribution is 2.30. The fraction of sp³-hybridized carbons (Fsp3) is 1.00. The van der Waals surface area contributed by atoms with Crippen molar-refractivity contribution in [2.24, 2.45) is 11.1 Å². The van der Waals surface area contributed by atoms with Gasteiger partial charge >= 0.3 is 0 Å². The molecule has 5 heteroatoms. The molecule has 2 bridgehead atoms. The van der Waals surface area contributed by atoms with Gasteiger partial charge in [-0.3, -0.25) is 0 Å². The van der Waals surface area contributed by atoms with Crippen LogP contribution in [0.2, 0.25) is 0 Å². The van der Waals surface area contributed by atoms with Crippen molar-refractivity contribution in [1.29, 1.82) is 0 Å². The molecule has 0 aromatic carbocycles. The normalized spacial score (nSPS) is 41.6. The number of hydrogen-bond acceptors (Lipinski definition) is 3. The van der Waals surface area contributed by atoms with E-state index in [0.29, 0.717) is 12.5 Å². The lowest BCUT2D eigenvalue weighted by atomic mass is 9.88. The number of rotatable bonds is 1. The highest BCUT2D eigenvalue weighted by Gasteiger charge is 2.39. The van der Waals surface area contributed by atoms with Crippen LogP contribution < -0.4 is 5.14 Å². The maximum absolute atomic E-state index is 11.1. The van der Waals surface area contributed by atoms with Gasteiger partial charge in [-0.15, -0.1) is 0 Å². The predicted octanol–water partition coefficient (Wildman–Crippen LogP) is -0.631. The van der Waals surface area contributed by atoms with Crippen LogP contribution in [0, 0.1) is 5.92 Å². The zero-order valence-electron chi connectivity index (χ0n) is 6.94. The monoisotopic (exact) mass is 190 g/mol. The Kier molecular flexibility index (Phi) is 1.89. The number of nitrogens with zero attached hydrogens (tertiary/aromatic N) is 1. The summed E-state index contributed by atoms with van der Waals surface area (Å²) >= 11 is 0. The average Bonchev–Trinajstić information content (AvgIpc) is 2.05. The lowest BCUT2D eigenvalue weighted by Crippen LogP contribution is -2.54. The number of hydrogen-bond donors (Lipinski definition) is 1. The maximum Gasteiger partial charge on any atom is 0.213 e. The molecule has 0 aromatic heterocycles. The molecule has 0 spiro atoms. The lowest BCUT2D eigenvalue weighted by Gasteiger charge is -2.43. The number of nitrogens with two attached hydrogens (primary N) is 1. The van der Waals surface area contributed by atoms with E-state index in [1.54, 1.807) is 0 Å². The molecule has 2 N–H and O–H groups in total. The zero-order chi connectivity index (χ0) is 8.77. The van der Waals surface area contributed by atoms with E-state index >= 15 is 0 Å². The minimum atomic E-state index is -3.30. The minimum Gasteiger partial charge on any atom is -0.302 e. The standard InChI is InChI=1S/C7H14N2O2S/c8-12(10,11)7-5-9-3-1-6(7)2-4-9/h6-7H,1-5H2,(H2,8,10,11). The van der Waals surface area contributed by atoms with Gasteiger partial charge in [0.05, 0.1) is 5.25 Å². The van der Waals surface area contributed by atoms with Gasteiger partial charge < -0.3 is 4.90 Å². The molecule has 3 rings (SSSR count). The summed E-state index contributed by atoms with van der Waals surface area (Å²) in [5.74, 6) is 0.324. The molecule has 0 aliphatic carbocycles. The Bertz CT molecular complexity index is 267. The molecule has 0 radical (unpaired) electrons. The van der Waals surface area contributed by atoms with E-state index in [4.69, 9.17) is 5.14 Å². The summed E-state index contributed by atoms with van der Waals surface area (Å²) in [7, 11) is -3.30. The van der Waals surface area contributed by atoms with Crippen LogP contribution in [0.4, 0.5) is 0 Å². The van der Waals surface area contributed by atoms with E-state index in [1.807, 2.05) is 0 Å². The largest absolute Gasteiger partial charge is 0.302 e. The first kappa shape index (κ1) is 8.47. The van der Waals surface area contributed by atoms with Crippen molar-refractivity contribution in [2.75, 3.05) is 19.6 Å². The van der Waals surface area contributed by atoms with Crippen LogP contribution >= 0.6 is 0 Å². The molecule has 0 aromatic rings. The first-order valence-corrected chi connectivity index (χ1v) is 5.92. The fourth-order valence-corrected chi connectivity index (χ4v) is 3.51. The van der Waals surface area contributed by atoms with Gasteiger partial charge in [-0.2, -0.15) is 0 Å². The topological polar surface area (TPSA) is 63.4 Å². The van der Waals surface area contributed by atoms with E-state index < -0.39 is 10.0 Å². The molecule has 3 aliphatic rings. The van der Waals surface area contributed by atoms with Crippen molar-refractivity contribution in [3.8, 4) is 0 Å². The summed E-state index contributed by atoms with van der Waals surface area (Å²) < 4.78 is 22.3. The van der Waals surface area contributed by atoms with Crippen LogP contribution in [-0.2, 0) is 10.0 Å². The van der Waals surface area contributed by atoms with Gasteiger partial charge in [0, 0.05) is 6.54 Å². The van der Waals surface area contributed by atoms with Gasteiger partial charge in [0.2, 0.25) is 10.0 Å². The van der Waals surface area contributed by atoms with Crippen LogP contribution in [0.5, 0.6) is 0 Å². The molecule has 3 fully saturated rings. The first-order valence-electron chi connectivity index (χ1n) is 4.31. The maximum atomic E-state index is 11.1. The van der Waals surface area contributed by atoms with Gasteiger partial charge in [-0.25, -0.2) is 13.6 Å². The molecule has 1 unspecified atom stereocenters. The molecule has 4 nitrogen and oxygen atoms in total. The summed E-state index contributed by atoms with van der Waals surface area (Å²) in [5.41, 5.74) is 0. The third kappa shape index (κ3) is 1.36. The summed E-state index contributed by atoms with van der Waals surface area (Å²) in [4.78, 5) is 2.19. The van der Waals surface area contributed by atoms with Crippen molar-refractivity contribution in [3.05, 3.63) is 0 Å². The quantitative estimate of drug-likeness (QED) is 0.598. The smallest absolute Gasteiger partial charge is 0.213 e. The number of sulfonamides is 1. The van der Waals surface area contributed by atoms with Crippen LogP contribution in [0.1, 0.15) is 12.8 Å². The Morgan fingerprint density at radius 2 is 1.83 bits per heavy atom. The molecule has 3 heterocycles. The van der Waals surface area contributed by atoms with Gasteiger partial charge in [0.15, 0.2) is 0 Å². The molecular formula is C7H14N2O2S. The highest BCUT2D eigenvalue weighted by molar-refractivity contribution is 7.89. The summed E-state index contributed by atoms with van der Waals surface area (Å²) in [6.45, 7) is 2.76. The fourth-order valence-electron chi connectivity index (χ4n) is 2.28. The van der Waals surface area contributed by atoms with Gasteiger partial charge in [-0.05, 0) is 31.8 Å². The van der Waals surface area contributed by atoms with Gasteiger partial charge in [0.1, 0.15) is 0 Å². The summed E-state index contributed by atoms with van der Waals surface area (Å²) in [5, 5.41) is 4.85. The Balaban J connectivity index is 2.20. The third-order valence-corrected chi connectivity index (χ3v) is 4.40. The molecule has 1 atom stereocenters. The SMILES string of the molecule is NS(=O)(=O)C1CN2CCC1CC2. The van der Waals surface area contributed by atoms with Crippen LogP contribution in [0.3, 0.4) is 0 Å². The van der Waals surface area contributed by atoms with E-state index in [-0.39, 0.29) is 5.25 Å². The highest BCUT2D eigenvalue weighted by atomic mass is 32.2. The number of primary sulfonamides is 1. The Morgan fingerprint density at radius 1 is 1.25 bits per heavy atom. The molecule has 0 saturated carbocycles. The molecular weight excluding hydrogens is 176 g/mol. The van der Waals surface area contributed by atoms with Crippen molar-refractivity contribution in [3.63, 3.8) is 0 Å². The van der Waals surface area contributed by atoms with Crippen LogP contribution in [0.15, 0.2) is 0 Å². The van der Waals surface area contributed by atoms with Crippen molar-refractivity contribution < 1.29 is 8.42 Å². The summed E-state index contributed by atoms with van der Waals surface area (Å²) in [6.07, 6.45) is 2.00. The second-order valence-electron chi connectivity index (χ2n) is 3.77. The van der Waals surface area contributed by atoms with Gasteiger partial charge in [-0.1, -0.05) is 0 Å². The van der Waals surface area contributed by atoms with Gasteiger partial charge in [0.25, 0.3) is 0 Å². The van der Waals surface area contributed by atoms with Crippen molar-refractivity contribution in [2.45, 2.75) is 18.1 Å². The zero-order valence-corrected chi connectivity index (χ0v) is 7.76. The second kappa shape index (κ2) is 2.68. The Hall–Kier alpha value is -0.130. The second-order valence-corrected chi connectivity index (χ2v) is 5.55. The first-order chi connectivity index (χ1) is 5.57. The van der Waals surface area contributed by atoms with E-state index in [0.717, 1.165) is 25.9 Å². The van der Waals surface area contributed by atoms with E-state index in [1.165, 1.54) is 0 Å².